The molecule has 0 aliphatic rings. The number of amides is 2. The third-order valence-corrected chi connectivity index (χ3v) is 1.15. The van der Waals surface area contributed by atoms with Gasteiger partial charge in [0.2, 0.25) is 5.91 Å². The van der Waals surface area contributed by atoms with Gasteiger partial charge in [0.05, 0.1) is 6.54 Å². The van der Waals surface area contributed by atoms with E-state index in [4.69, 9.17) is 5.84 Å². The number of hydrazine groups is 1. The highest BCUT2D eigenvalue weighted by molar-refractivity contribution is 5.84. The molecule has 0 radical (unpaired) electrons. The third-order valence-electron chi connectivity index (χ3n) is 1.15. The Labute approximate surface area is 71.0 Å². The highest BCUT2D eigenvalue weighted by Gasteiger charge is 2.00. The second-order valence-corrected chi connectivity index (χ2v) is 2.12. The fourth-order valence-corrected chi connectivity index (χ4v) is 0.527. The summed E-state index contributed by atoms with van der Waals surface area (Å²) in [6.45, 7) is 1.74. The molecule has 0 aromatic heterocycles. The smallest absolute Gasteiger partial charge is 0.253 e. The average molecular weight is 171 g/mol. The Morgan fingerprint density at radius 3 is 2.58 bits per heavy atom. The van der Waals surface area contributed by atoms with Crippen molar-refractivity contribution in [3.8, 4) is 0 Å². The molecule has 0 spiro atoms. The summed E-state index contributed by atoms with van der Waals surface area (Å²) in [5.41, 5.74) is 1.90. The van der Waals surface area contributed by atoms with Gasteiger partial charge < -0.3 is 5.32 Å². The molecule has 68 valence electrons. The fraction of sp³-hybridized carbons (Fsp3) is 0.429. The van der Waals surface area contributed by atoms with E-state index in [1.165, 1.54) is 0 Å². The lowest BCUT2D eigenvalue weighted by Crippen LogP contribution is -2.39. The summed E-state index contributed by atoms with van der Waals surface area (Å²) in [6, 6.07) is 0. The van der Waals surface area contributed by atoms with Gasteiger partial charge >= 0.3 is 0 Å². The number of carbonyl (C=O) groups excluding carboxylic acids is 2. The number of rotatable bonds is 4. The van der Waals surface area contributed by atoms with E-state index in [0.29, 0.717) is 0 Å². The largest absolute Gasteiger partial charge is 0.347 e. The van der Waals surface area contributed by atoms with Crippen molar-refractivity contribution < 1.29 is 9.59 Å². The van der Waals surface area contributed by atoms with E-state index in [9.17, 15) is 9.59 Å². The van der Waals surface area contributed by atoms with Gasteiger partial charge in [-0.25, -0.2) is 5.84 Å². The zero-order valence-electron chi connectivity index (χ0n) is 6.96. The first-order valence-corrected chi connectivity index (χ1v) is 3.58. The minimum Gasteiger partial charge on any atom is -0.347 e. The first kappa shape index (κ1) is 10.6. The van der Waals surface area contributed by atoms with Crippen molar-refractivity contribution in [3.05, 3.63) is 12.2 Å². The van der Waals surface area contributed by atoms with Crippen molar-refractivity contribution >= 4 is 11.8 Å². The van der Waals surface area contributed by atoms with Crippen LogP contribution in [0.5, 0.6) is 0 Å². The quantitative estimate of drug-likeness (QED) is 0.221. The molecule has 0 bridgehead atoms. The summed E-state index contributed by atoms with van der Waals surface area (Å²) in [5.74, 6) is 4.18. The molecule has 0 saturated heterocycles. The van der Waals surface area contributed by atoms with Crippen molar-refractivity contribution in [2.45, 2.75) is 13.3 Å². The van der Waals surface area contributed by atoms with Gasteiger partial charge in [0.1, 0.15) is 0 Å². The number of hydrogen-bond donors (Lipinski definition) is 3. The maximum Gasteiger partial charge on any atom is 0.253 e. The maximum absolute atomic E-state index is 10.8. The Balaban J connectivity index is 3.50. The predicted octanol–water partition coefficient (Wildman–Crippen LogP) is -0.941. The molecule has 0 atom stereocenters. The van der Waals surface area contributed by atoms with Gasteiger partial charge in [-0.3, -0.25) is 15.0 Å². The van der Waals surface area contributed by atoms with Crippen LogP contribution in [-0.4, -0.2) is 18.4 Å². The van der Waals surface area contributed by atoms with E-state index < -0.39 is 5.91 Å². The summed E-state index contributed by atoms with van der Waals surface area (Å²) in [4.78, 5) is 21.4. The molecule has 0 saturated carbocycles. The van der Waals surface area contributed by atoms with E-state index in [-0.39, 0.29) is 18.9 Å². The molecule has 0 aliphatic heterocycles. The van der Waals surface area contributed by atoms with Crippen LogP contribution in [-0.2, 0) is 9.59 Å². The first-order chi connectivity index (χ1) is 5.70. The average Bonchev–Trinajstić information content (AvgIpc) is 2.10. The Bertz CT molecular complexity index is 189. The number of allylic oxidation sites excluding steroid dienone is 1. The monoisotopic (exact) mass is 171 g/mol. The molecule has 2 amide bonds. The lowest BCUT2D eigenvalue weighted by atomic mass is 10.3. The molecular weight excluding hydrogens is 158 g/mol. The van der Waals surface area contributed by atoms with Gasteiger partial charge in [0.25, 0.3) is 5.91 Å². The number of nitrogens with one attached hydrogen (secondary N) is 2. The van der Waals surface area contributed by atoms with Gasteiger partial charge in [0, 0.05) is 6.42 Å². The van der Waals surface area contributed by atoms with Gasteiger partial charge in [-0.05, 0) is 6.92 Å². The predicted molar refractivity (Wildman–Crippen MR) is 44.8 cm³/mol. The van der Waals surface area contributed by atoms with E-state index >= 15 is 0 Å². The van der Waals surface area contributed by atoms with E-state index in [2.05, 4.69) is 5.32 Å². The lowest BCUT2D eigenvalue weighted by molar-refractivity contribution is -0.125. The molecule has 4 N–H and O–H groups in total. The summed E-state index contributed by atoms with van der Waals surface area (Å²) in [6.07, 6.45) is 3.76. The molecule has 0 aromatic carbocycles. The number of carbonyl (C=O) groups is 2. The number of nitrogens with two attached hydrogens (primary N) is 1. The molecule has 0 heterocycles. The second kappa shape index (κ2) is 6.36. The summed E-state index contributed by atoms with van der Waals surface area (Å²) in [5, 5.41) is 2.39. The van der Waals surface area contributed by atoms with E-state index in [1.54, 1.807) is 12.2 Å². The highest BCUT2D eigenvalue weighted by atomic mass is 16.2. The van der Waals surface area contributed by atoms with E-state index in [0.717, 1.165) is 0 Å². The van der Waals surface area contributed by atoms with Crippen LogP contribution < -0.4 is 16.6 Å². The van der Waals surface area contributed by atoms with Crippen molar-refractivity contribution in [2.24, 2.45) is 5.84 Å². The minimum atomic E-state index is -0.413. The Kier molecular flexibility index (Phi) is 5.64. The lowest BCUT2D eigenvalue weighted by Gasteiger charge is -2.00. The molecule has 0 rings (SSSR count). The molecule has 12 heavy (non-hydrogen) atoms. The zero-order valence-corrected chi connectivity index (χ0v) is 6.96. The Morgan fingerprint density at radius 2 is 2.08 bits per heavy atom. The second-order valence-electron chi connectivity index (χ2n) is 2.12. The van der Waals surface area contributed by atoms with Crippen LogP contribution in [0.3, 0.4) is 0 Å². The maximum atomic E-state index is 10.8. The van der Waals surface area contributed by atoms with Crippen LogP contribution in [0.25, 0.3) is 0 Å². The highest BCUT2D eigenvalue weighted by Crippen LogP contribution is 1.81. The van der Waals surface area contributed by atoms with Crippen LogP contribution in [0.1, 0.15) is 13.3 Å². The Hall–Kier alpha value is -1.36. The standard InChI is InChI=1S/C7H13N3O2/c1-2-3-4-6(11)9-5-7(12)10-8/h2-3H,4-5,8H2,1H3,(H,9,11)(H,10,12). The van der Waals surface area contributed by atoms with Crippen LogP contribution in [0, 0.1) is 0 Å². The van der Waals surface area contributed by atoms with Crippen LogP contribution >= 0.6 is 0 Å². The van der Waals surface area contributed by atoms with Crippen LogP contribution in [0.2, 0.25) is 0 Å². The molecule has 0 fully saturated rings. The topological polar surface area (TPSA) is 84.2 Å². The third kappa shape index (κ3) is 5.43. The van der Waals surface area contributed by atoms with Crippen molar-refractivity contribution in [1.29, 1.82) is 0 Å². The molecule has 0 unspecified atom stereocenters. The van der Waals surface area contributed by atoms with Gasteiger partial charge in [-0.1, -0.05) is 12.2 Å². The van der Waals surface area contributed by atoms with Gasteiger partial charge in [-0.15, -0.1) is 0 Å². The SMILES string of the molecule is CC=CCC(=O)NCC(=O)NN. The molecule has 0 aromatic rings. The molecule has 5 nitrogen and oxygen atoms in total. The van der Waals surface area contributed by atoms with Crippen molar-refractivity contribution in [3.63, 3.8) is 0 Å². The molecular formula is C7H13N3O2. The van der Waals surface area contributed by atoms with Crippen LogP contribution in [0.15, 0.2) is 12.2 Å². The summed E-state index contributed by atoms with van der Waals surface area (Å²) >= 11 is 0. The van der Waals surface area contributed by atoms with Crippen molar-refractivity contribution in [1.82, 2.24) is 10.7 Å². The number of hydrogen-bond acceptors (Lipinski definition) is 3. The zero-order chi connectivity index (χ0) is 9.40. The van der Waals surface area contributed by atoms with E-state index in [1.807, 2.05) is 12.3 Å². The molecule has 0 aliphatic carbocycles. The summed E-state index contributed by atoms with van der Waals surface area (Å²) < 4.78 is 0. The van der Waals surface area contributed by atoms with Gasteiger partial charge in [0.15, 0.2) is 0 Å². The fourth-order valence-electron chi connectivity index (χ4n) is 0.527. The van der Waals surface area contributed by atoms with Gasteiger partial charge in [-0.2, -0.15) is 0 Å². The minimum absolute atomic E-state index is 0.0765. The summed E-state index contributed by atoms with van der Waals surface area (Å²) in [7, 11) is 0. The normalized spacial score (nSPS) is 9.83. The Morgan fingerprint density at radius 1 is 1.42 bits per heavy atom. The first-order valence-electron chi connectivity index (χ1n) is 3.58. The van der Waals surface area contributed by atoms with Crippen LogP contribution in [0.4, 0.5) is 0 Å². The molecule has 5 heteroatoms. The van der Waals surface area contributed by atoms with Crippen molar-refractivity contribution in [2.75, 3.05) is 6.54 Å².